The van der Waals surface area contributed by atoms with Gasteiger partial charge in [-0.3, -0.25) is 9.48 Å². The lowest BCUT2D eigenvalue weighted by atomic mass is 9.99. The van der Waals surface area contributed by atoms with E-state index in [1.807, 2.05) is 0 Å². The Labute approximate surface area is 172 Å². The molecule has 4 rings (SSSR count). The molecular formula is C21H28N4O3S. The fourth-order valence-corrected chi connectivity index (χ4v) is 5.89. The van der Waals surface area contributed by atoms with Crippen molar-refractivity contribution in [2.75, 3.05) is 26.2 Å². The average Bonchev–Trinajstić information content (AvgIpc) is 3.02. The Bertz CT molecular complexity index is 1020. The summed E-state index contributed by atoms with van der Waals surface area (Å²) in [5.74, 6) is 0.313. The molecule has 0 unspecified atom stereocenters. The van der Waals surface area contributed by atoms with Gasteiger partial charge in [-0.05, 0) is 50.9 Å². The second-order valence-electron chi connectivity index (χ2n) is 8.19. The predicted molar refractivity (Wildman–Crippen MR) is 111 cm³/mol. The summed E-state index contributed by atoms with van der Waals surface area (Å²) in [6, 6.07) is 6.90. The number of hydrogen-bond acceptors (Lipinski definition) is 5. The van der Waals surface area contributed by atoms with Crippen molar-refractivity contribution in [2.45, 2.75) is 36.8 Å². The minimum absolute atomic E-state index is 0.193. The van der Waals surface area contributed by atoms with Gasteiger partial charge in [-0.15, -0.1) is 0 Å². The number of likely N-dealkylation sites (tertiary alicyclic amines) is 1. The molecule has 1 aromatic heterocycles. The van der Waals surface area contributed by atoms with Gasteiger partial charge in [0.25, 0.3) is 5.91 Å². The van der Waals surface area contributed by atoms with E-state index >= 15 is 0 Å². The molecule has 0 spiro atoms. The molecule has 0 bridgehead atoms. The Morgan fingerprint density at radius 1 is 1.24 bits per heavy atom. The number of nitrogens with zero attached hydrogens (tertiary/aromatic N) is 3. The predicted octanol–water partition coefficient (Wildman–Crippen LogP) is 2.23. The Hall–Kier alpha value is -2.19. The highest BCUT2D eigenvalue weighted by molar-refractivity contribution is 7.90. The summed E-state index contributed by atoms with van der Waals surface area (Å²) in [4.78, 5) is 15.5. The van der Waals surface area contributed by atoms with E-state index in [4.69, 9.17) is 0 Å². The molecule has 0 aliphatic carbocycles. The molecule has 1 amide bonds. The zero-order chi connectivity index (χ0) is 20.6. The molecular weight excluding hydrogens is 388 g/mol. The molecule has 1 fully saturated rings. The average molecular weight is 417 g/mol. The normalized spacial score (nSPS) is 18.8. The molecule has 1 aromatic carbocycles. The van der Waals surface area contributed by atoms with Crippen LogP contribution in [-0.4, -0.2) is 55.2 Å². The van der Waals surface area contributed by atoms with E-state index in [0.29, 0.717) is 28.3 Å². The van der Waals surface area contributed by atoms with Crippen molar-refractivity contribution in [3.63, 3.8) is 0 Å². The molecule has 7 nitrogen and oxygen atoms in total. The number of carbonyl (C=O) groups is 1. The van der Waals surface area contributed by atoms with Gasteiger partial charge in [0.05, 0.1) is 16.3 Å². The fraction of sp³-hybridized carbons (Fsp3) is 0.524. The van der Waals surface area contributed by atoms with E-state index in [2.05, 4.69) is 22.2 Å². The molecule has 0 radical (unpaired) electrons. The minimum Gasteiger partial charge on any atom is -0.351 e. The zero-order valence-electron chi connectivity index (χ0n) is 17.0. The molecule has 2 aliphatic heterocycles. The number of hydrogen-bond donors (Lipinski definition) is 1. The first-order valence-corrected chi connectivity index (χ1v) is 11.9. The maximum Gasteiger partial charge on any atom is 0.272 e. The summed E-state index contributed by atoms with van der Waals surface area (Å²) in [7, 11) is -1.73. The second-order valence-corrected chi connectivity index (χ2v) is 10.1. The number of aryl methyl sites for hydroxylation is 1. The van der Waals surface area contributed by atoms with Crippen LogP contribution in [0.4, 0.5) is 0 Å². The third-order valence-electron chi connectivity index (χ3n) is 5.98. The Kier molecular flexibility index (Phi) is 5.48. The number of amides is 1. The van der Waals surface area contributed by atoms with Crippen molar-refractivity contribution < 1.29 is 13.2 Å². The largest absolute Gasteiger partial charge is 0.351 e. The topological polar surface area (TPSA) is 84.3 Å². The van der Waals surface area contributed by atoms with Gasteiger partial charge in [0.1, 0.15) is 0 Å². The number of nitrogens with one attached hydrogen (secondary N) is 1. The molecule has 3 heterocycles. The summed E-state index contributed by atoms with van der Waals surface area (Å²) >= 11 is 0. The zero-order valence-corrected chi connectivity index (χ0v) is 17.8. The van der Waals surface area contributed by atoms with Gasteiger partial charge in [-0.25, -0.2) is 8.42 Å². The monoisotopic (exact) mass is 416 g/mol. The smallest absolute Gasteiger partial charge is 0.272 e. The van der Waals surface area contributed by atoms with Crippen molar-refractivity contribution in [2.24, 2.45) is 13.0 Å². The molecule has 156 valence electrons. The number of carbonyl (C=O) groups excluding carboxylic acids is 1. The maximum absolute atomic E-state index is 12.8. The first-order valence-electron chi connectivity index (χ1n) is 10.3. The molecule has 2 aliphatic rings. The lowest BCUT2D eigenvalue weighted by Gasteiger charge is -2.30. The third-order valence-corrected chi connectivity index (χ3v) is 7.68. The molecule has 2 aromatic rings. The SMILES string of the molecule is CC1CCN(CCCNC(=O)c2nn(C)c3c2CS(=O)(=O)c2ccccc2-3)CC1. The van der Waals surface area contributed by atoms with Gasteiger partial charge in [-0.2, -0.15) is 5.10 Å². The van der Waals surface area contributed by atoms with Crippen LogP contribution in [0.25, 0.3) is 11.3 Å². The summed E-state index contributed by atoms with van der Waals surface area (Å²) < 4.78 is 27.0. The van der Waals surface area contributed by atoms with Crippen LogP contribution in [0.5, 0.6) is 0 Å². The van der Waals surface area contributed by atoms with Crippen LogP contribution in [0.3, 0.4) is 0 Å². The third kappa shape index (κ3) is 3.96. The number of aromatic nitrogens is 2. The van der Waals surface area contributed by atoms with Crippen molar-refractivity contribution in [1.29, 1.82) is 0 Å². The molecule has 0 atom stereocenters. The number of fused-ring (bicyclic) bond motifs is 3. The van der Waals surface area contributed by atoms with E-state index in [0.717, 1.165) is 32.0 Å². The van der Waals surface area contributed by atoms with Gasteiger partial charge >= 0.3 is 0 Å². The number of benzene rings is 1. The van der Waals surface area contributed by atoms with Crippen molar-refractivity contribution >= 4 is 15.7 Å². The molecule has 1 N–H and O–H groups in total. The van der Waals surface area contributed by atoms with Crippen LogP contribution in [0, 0.1) is 5.92 Å². The van der Waals surface area contributed by atoms with Gasteiger partial charge in [-0.1, -0.05) is 25.1 Å². The Morgan fingerprint density at radius 3 is 2.72 bits per heavy atom. The summed E-state index contributed by atoms with van der Waals surface area (Å²) in [5, 5.41) is 7.29. The van der Waals surface area contributed by atoms with Crippen molar-refractivity contribution in [3.8, 4) is 11.3 Å². The molecule has 0 saturated carbocycles. The number of rotatable bonds is 5. The van der Waals surface area contributed by atoms with E-state index in [1.165, 1.54) is 12.8 Å². The minimum atomic E-state index is -3.48. The first-order chi connectivity index (χ1) is 13.9. The maximum atomic E-state index is 12.8. The Balaban J connectivity index is 1.45. The number of piperidine rings is 1. The van der Waals surface area contributed by atoms with Gasteiger partial charge in [0.15, 0.2) is 15.5 Å². The second kappa shape index (κ2) is 7.91. The first kappa shape index (κ1) is 20.1. The fourth-order valence-electron chi connectivity index (χ4n) is 4.30. The lowest BCUT2D eigenvalue weighted by molar-refractivity contribution is 0.0944. The van der Waals surface area contributed by atoms with Crippen LogP contribution in [-0.2, 0) is 22.6 Å². The van der Waals surface area contributed by atoms with Crippen LogP contribution < -0.4 is 5.32 Å². The van der Waals surface area contributed by atoms with Gasteiger partial charge in [0, 0.05) is 24.7 Å². The lowest BCUT2D eigenvalue weighted by Crippen LogP contribution is -2.35. The van der Waals surface area contributed by atoms with Gasteiger partial charge in [0.2, 0.25) is 0 Å². The van der Waals surface area contributed by atoms with Gasteiger partial charge < -0.3 is 10.2 Å². The van der Waals surface area contributed by atoms with Crippen LogP contribution >= 0.6 is 0 Å². The van der Waals surface area contributed by atoms with E-state index in [-0.39, 0.29) is 17.4 Å². The number of sulfone groups is 1. The summed E-state index contributed by atoms with van der Waals surface area (Å²) in [6.07, 6.45) is 3.35. The summed E-state index contributed by atoms with van der Waals surface area (Å²) in [5.41, 5.74) is 2.03. The molecule has 8 heteroatoms. The van der Waals surface area contributed by atoms with Crippen molar-refractivity contribution in [3.05, 3.63) is 35.5 Å². The van der Waals surface area contributed by atoms with Crippen LogP contribution in [0.2, 0.25) is 0 Å². The summed E-state index contributed by atoms with van der Waals surface area (Å²) in [6.45, 7) is 6.07. The van der Waals surface area contributed by atoms with Crippen LogP contribution in [0.15, 0.2) is 29.2 Å². The van der Waals surface area contributed by atoms with E-state index < -0.39 is 9.84 Å². The quantitative estimate of drug-likeness (QED) is 0.756. The van der Waals surface area contributed by atoms with Crippen LogP contribution in [0.1, 0.15) is 42.2 Å². The highest BCUT2D eigenvalue weighted by atomic mass is 32.2. The standard InChI is InChI=1S/C21H28N4O3S/c1-15-8-12-25(13-9-15)11-5-10-22-21(26)19-17-14-29(27,28)18-7-4-3-6-16(18)20(17)24(2)23-19/h3-4,6-7,15H,5,8-14H2,1-2H3,(H,22,26). The molecule has 1 saturated heterocycles. The highest BCUT2D eigenvalue weighted by Crippen LogP contribution is 2.38. The highest BCUT2D eigenvalue weighted by Gasteiger charge is 2.34. The van der Waals surface area contributed by atoms with E-state index in [9.17, 15) is 13.2 Å². The molecule has 29 heavy (non-hydrogen) atoms. The van der Waals surface area contributed by atoms with E-state index in [1.54, 1.807) is 36.0 Å². The Morgan fingerprint density at radius 2 is 1.97 bits per heavy atom. The van der Waals surface area contributed by atoms with Crippen molar-refractivity contribution in [1.82, 2.24) is 20.0 Å².